The molecule has 12 fully saturated rings. The Morgan fingerprint density at radius 1 is 0.372 bits per heavy atom. The van der Waals surface area contributed by atoms with E-state index >= 15 is 0 Å². The second kappa shape index (κ2) is 38.0. The minimum absolute atomic E-state index is 0.114. The molecule has 33 atom stereocenters. The molecule has 27 nitrogen and oxygen atoms in total. The van der Waals surface area contributed by atoms with Crippen molar-refractivity contribution in [1.82, 2.24) is 0 Å². The number of aliphatic hydroxyl groups excluding tert-OH is 5. The Balaban J connectivity index is 0.000000180. The molecule has 0 saturated heterocycles. The number of hydrogen-bond donors (Lipinski definition) is 11. The van der Waals surface area contributed by atoms with E-state index in [1.807, 2.05) is 6.92 Å². The summed E-state index contributed by atoms with van der Waals surface area (Å²) in [6, 6.07) is 0. The number of carbonyl (C=O) groups is 3. The third kappa shape index (κ3) is 20.2. The van der Waals surface area contributed by atoms with Gasteiger partial charge in [-0.15, -0.1) is 0 Å². The molecule has 12 saturated carbocycles. The zero-order valence-corrected chi connectivity index (χ0v) is 72.6. The predicted molar refractivity (Wildman–Crippen MR) is 417 cm³/mol. The molecule has 30 heteroatoms. The van der Waals surface area contributed by atoms with Gasteiger partial charge < -0.3 is 88.1 Å². The van der Waals surface area contributed by atoms with Gasteiger partial charge in [-0.1, -0.05) is 62.3 Å². The molecule has 113 heavy (non-hydrogen) atoms. The van der Waals surface area contributed by atoms with E-state index in [-0.39, 0.29) is 130 Å². The highest BCUT2D eigenvalue weighted by molar-refractivity contribution is 7.46. The molecule has 0 aromatic rings. The highest BCUT2D eigenvalue weighted by Crippen LogP contribution is 2.73. The van der Waals surface area contributed by atoms with Crippen LogP contribution in [0.1, 0.15) is 263 Å². The summed E-state index contributed by atoms with van der Waals surface area (Å²) in [6.07, 6.45) is 21.5. The van der Waals surface area contributed by atoms with Gasteiger partial charge in [0.2, 0.25) is 20.4 Å². The molecule has 12 rings (SSSR count). The highest BCUT2D eigenvalue weighted by Gasteiger charge is 2.70. The van der Waals surface area contributed by atoms with E-state index in [0.29, 0.717) is 104 Å². The van der Waals surface area contributed by atoms with Crippen LogP contribution in [0.15, 0.2) is 0 Å². The summed E-state index contributed by atoms with van der Waals surface area (Å²) in [6.45, 7) is 29.2. The van der Waals surface area contributed by atoms with Crippen molar-refractivity contribution >= 4 is 41.4 Å². The number of esters is 3. The van der Waals surface area contributed by atoms with Crippen LogP contribution in [0, 0.1) is 139 Å². The van der Waals surface area contributed by atoms with E-state index in [4.69, 9.17) is 62.5 Å². The SMILES string of the molecule is CCOC1CC2CC(O)CCC2(C)C2CC(O)C3(C)C(C(C)CCC(=O)OCOP(=O)(O)O)CCC3C12.CCOC1CCC2(C)C(C1)CC(O)C1C2CC(O)C2(C)C(C(C)CCC(=O)OCOP(=O)(O)O)CCC12.CCOC1CCC2(C)C(C1)CC(OCC)C1C2CC(O)C2(C)C(C(C)CCC(=O)OCOP(=O)(O)O)CCC12. The predicted octanol–water partition coefficient (Wildman–Crippen LogP) is 13.1. The highest BCUT2D eigenvalue weighted by atomic mass is 31.2. The first-order valence-electron chi connectivity index (χ1n) is 43.4. The van der Waals surface area contributed by atoms with Gasteiger partial charge in [-0.05, 0) is 321 Å². The fraction of sp³-hybridized carbons (Fsp3) is 0.964. The number of rotatable bonds is 29. The summed E-state index contributed by atoms with van der Waals surface area (Å²) in [5, 5.41) is 57.3. The fourth-order valence-electron chi connectivity index (χ4n) is 28.2. The van der Waals surface area contributed by atoms with Crippen LogP contribution in [0.2, 0.25) is 0 Å². The van der Waals surface area contributed by atoms with Crippen molar-refractivity contribution in [3.05, 3.63) is 0 Å². The smallest absolute Gasteiger partial charge is 0.438 e. The van der Waals surface area contributed by atoms with E-state index in [1.165, 1.54) is 0 Å². The van der Waals surface area contributed by atoms with Crippen LogP contribution in [0.3, 0.4) is 0 Å². The summed E-state index contributed by atoms with van der Waals surface area (Å²) in [4.78, 5) is 88.8. The van der Waals surface area contributed by atoms with Gasteiger partial charge in [0.15, 0.2) is 0 Å². The van der Waals surface area contributed by atoms with Crippen molar-refractivity contribution < 1.29 is 130 Å². The summed E-state index contributed by atoms with van der Waals surface area (Å²) in [7, 11) is -14.0. The van der Waals surface area contributed by atoms with Crippen molar-refractivity contribution in [3.63, 3.8) is 0 Å². The van der Waals surface area contributed by atoms with Crippen molar-refractivity contribution in [2.24, 2.45) is 139 Å². The lowest BCUT2D eigenvalue weighted by atomic mass is 9.43. The van der Waals surface area contributed by atoms with Crippen LogP contribution < -0.4 is 0 Å². The lowest BCUT2D eigenvalue weighted by Crippen LogP contribution is -2.62. The molecule has 12 aliphatic carbocycles. The summed E-state index contributed by atoms with van der Waals surface area (Å²) in [5.41, 5.74) is -0.405. The molecule has 0 heterocycles. The Hall–Kier alpha value is -1.62. The Bertz CT molecular complexity index is 3280. The zero-order chi connectivity index (χ0) is 82.9. The van der Waals surface area contributed by atoms with Gasteiger partial charge in [0.25, 0.3) is 0 Å². The van der Waals surface area contributed by atoms with Gasteiger partial charge in [-0.25, -0.2) is 27.3 Å². The molecule has 0 spiro atoms. The van der Waals surface area contributed by atoms with Gasteiger partial charge in [-0.3, -0.25) is 14.4 Å². The summed E-state index contributed by atoms with van der Waals surface area (Å²) >= 11 is 0. The minimum atomic E-state index is -4.68. The van der Waals surface area contributed by atoms with Crippen LogP contribution in [-0.4, -0.2) is 175 Å². The molecule has 0 amide bonds. The van der Waals surface area contributed by atoms with E-state index in [9.17, 15) is 53.6 Å². The lowest BCUT2D eigenvalue weighted by Gasteiger charge is -2.64. The first kappa shape index (κ1) is 93.6. The van der Waals surface area contributed by atoms with Crippen LogP contribution in [0.5, 0.6) is 0 Å². The van der Waals surface area contributed by atoms with Gasteiger partial charge in [0, 0.05) is 45.7 Å². The quantitative estimate of drug-likeness (QED) is 0.0143. The lowest BCUT2D eigenvalue weighted by molar-refractivity contribution is -0.217. The van der Waals surface area contributed by atoms with Crippen LogP contribution in [0.4, 0.5) is 0 Å². The standard InChI is InChI=1S/C29H51O9P.2C27H47O9P/c1-6-35-20-12-13-28(4)19(14-20)15-24(36-7-2)27-22-10-9-21(29(22,5)25(30)16-23(27)28)18(3)8-11-26(31)37-17-38-39(32,33)34;1-5-34-18-10-11-26(3)17(12-18)13-22(28)25-20-8-7-19(27(20,4)23(29)14-21(25)26)16(2)6-9-24(30)35-15-36-37(31,32)33;1-5-34-22-13-17-12-18(28)10-11-26(17,3)21-14-23(29)27(4)19(7-8-20(27)25(21)22)16(2)6-9-24(30)35-15-36-37(31,32)33/h18-25,27,30H,6-17H2,1-5H3,(H2,32,33,34);2*16-23,25,28-29H,5-15H2,1-4H3,(H2,31,32,33). The van der Waals surface area contributed by atoms with Crippen molar-refractivity contribution in [3.8, 4) is 0 Å². The van der Waals surface area contributed by atoms with Crippen LogP contribution in [0.25, 0.3) is 0 Å². The molecule has 33 unspecified atom stereocenters. The first-order valence-corrected chi connectivity index (χ1v) is 48.0. The molecule has 11 N–H and O–H groups in total. The molecule has 654 valence electrons. The third-order valence-electron chi connectivity index (χ3n) is 33.8. The maximum Gasteiger partial charge on any atom is 0.472 e. The number of aliphatic hydroxyl groups is 5. The van der Waals surface area contributed by atoms with Crippen molar-refractivity contribution in [2.75, 3.05) is 46.8 Å². The molecular formula is C83H145O27P3. The van der Waals surface area contributed by atoms with Crippen LogP contribution in [-0.2, 0) is 74.8 Å². The van der Waals surface area contributed by atoms with Crippen molar-refractivity contribution in [2.45, 2.75) is 318 Å². The Morgan fingerprint density at radius 2 is 0.673 bits per heavy atom. The van der Waals surface area contributed by atoms with Gasteiger partial charge in [0.1, 0.15) is 0 Å². The maximum atomic E-state index is 12.2. The average molecular weight is 1670 g/mol. The molecule has 0 aromatic heterocycles. The molecule has 12 aliphatic rings. The molecule has 0 aliphatic heterocycles. The molecule has 0 bridgehead atoms. The normalized spacial score (nSPS) is 43.9. The van der Waals surface area contributed by atoms with E-state index in [0.717, 1.165) is 142 Å². The monoisotopic (exact) mass is 1670 g/mol. The number of phosphoric acid groups is 3. The van der Waals surface area contributed by atoms with E-state index in [2.05, 4.69) is 96.7 Å². The number of ether oxygens (including phenoxy) is 7. The molecule has 0 aromatic carbocycles. The van der Waals surface area contributed by atoms with Gasteiger partial charge in [0.05, 0.1) is 54.9 Å². The fourth-order valence-corrected chi connectivity index (χ4v) is 28.8. The zero-order valence-electron chi connectivity index (χ0n) is 69.9. The largest absolute Gasteiger partial charge is 0.472 e. The first-order chi connectivity index (χ1) is 53.0. The van der Waals surface area contributed by atoms with Crippen molar-refractivity contribution in [1.29, 1.82) is 0 Å². The maximum absolute atomic E-state index is 12.2. The number of fused-ring (bicyclic) bond motifs is 15. The third-order valence-corrected chi connectivity index (χ3v) is 35.1. The van der Waals surface area contributed by atoms with E-state index in [1.54, 1.807) is 0 Å². The second-order valence-electron chi connectivity index (χ2n) is 38.6. The second-order valence-corrected chi connectivity index (χ2v) is 42.3. The Kier molecular flexibility index (Phi) is 31.5. The molecular weight excluding hydrogens is 1520 g/mol. The summed E-state index contributed by atoms with van der Waals surface area (Å²) in [5.74, 6) is 4.10. The average Bonchev–Trinajstić information content (AvgIpc) is 1.70. The Morgan fingerprint density at radius 3 is 1.00 bits per heavy atom. The van der Waals surface area contributed by atoms with Gasteiger partial charge >= 0.3 is 41.4 Å². The minimum Gasteiger partial charge on any atom is -0.438 e. The van der Waals surface area contributed by atoms with Crippen LogP contribution >= 0.6 is 23.5 Å². The molecule has 0 radical (unpaired) electrons. The topological polar surface area (TPSA) is 417 Å². The van der Waals surface area contributed by atoms with E-state index < -0.39 is 80.1 Å². The summed E-state index contributed by atoms with van der Waals surface area (Å²) < 4.78 is 84.4. The Labute approximate surface area is 672 Å². The number of phosphoric ester groups is 3. The number of carbonyl (C=O) groups excluding carboxylic acids is 3. The number of hydrogen-bond acceptors (Lipinski definition) is 21. The van der Waals surface area contributed by atoms with Gasteiger partial charge in [-0.2, -0.15) is 0 Å².